The Balaban J connectivity index is 1.81. The highest BCUT2D eigenvalue weighted by molar-refractivity contribution is 7.99. The van der Waals surface area contributed by atoms with E-state index in [1.54, 1.807) is 12.3 Å². The van der Waals surface area contributed by atoms with Gasteiger partial charge in [-0.15, -0.1) is 0 Å². The van der Waals surface area contributed by atoms with E-state index in [9.17, 15) is 4.79 Å². The van der Waals surface area contributed by atoms with Crippen molar-refractivity contribution in [3.63, 3.8) is 0 Å². The number of rotatable bonds is 5. The number of carbonyl (C=O) groups excluding carboxylic acids is 1. The second-order valence-electron chi connectivity index (χ2n) is 4.27. The molecular formula is C14H15N5OS. The van der Waals surface area contributed by atoms with Gasteiger partial charge in [0.25, 0.3) is 5.91 Å². The smallest absolute Gasteiger partial charge is 0.250 e. The summed E-state index contributed by atoms with van der Waals surface area (Å²) >= 11 is 1.28. The number of thioether (sulfide) groups is 1. The van der Waals surface area contributed by atoms with E-state index >= 15 is 0 Å². The molecule has 2 rings (SSSR count). The monoisotopic (exact) mass is 301 g/mol. The molecule has 0 aromatic carbocycles. The summed E-state index contributed by atoms with van der Waals surface area (Å²) in [6, 6.07) is 7.36. The van der Waals surface area contributed by atoms with E-state index < -0.39 is 0 Å². The zero-order valence-corrected chi connectivity index (χ0v) is 12.6. The average molecular weight is 301 g/mol. The van der Waals surface area contributed by atoms with Crippen molar-refractivity contribution in [3.05, 3.63) is 47.5 Å². The van der Waals surface area contributed by atoms with Crippen LogP contribution in [0, 0.1) is 13.8 Å². The molecule has 0 saturated heterocycles. The molecule has 0 aliphatic carbocycles. The van der Waals surface area contributed by atoms with Gasteiger partial charge in [-0.1, -0.05) is 17.8 Å². The molecule has 0 spiro atoms. The minimum Gasteiger partial charge on any atom is -0.272 e. The summed E-state index contributed by atoms with van der Waals surface area (Å²) in [7, 11) is 0. The Labute approximate surface area is 127 Å². The first-order valence-electron chi connectivity index (χ1n) is 6.31. The minimum atomic E-state index is -0.213. The standard InChI is InChI=1S/C14H15N5OS/c1-10-7-11(2)18-14(17-10)21-9-13(20)19-16-8-12-5-3-4-6-15-12/h3-8H,9H2,1-2H3,(H,19,20)/b16-8-. The SMILES string of the molecule is Cc1cc(C)nc(SCC(=O)N/N=C\c2ccccn2)n1. The van der Waals surface area contributed by atoms with Crippen LogP contribution in [-0.4, -0.2) is 32.8 Å². The van der Waals surface area contributed by atoms with Crippen molar-refractivity contribution in [2.24, 2.45) is 5.10 Å². The zero-order chi connectivity index (χ0) is 15.1. The summed E-state index contributed by atoms with van der Waals surface area (Å²) in [5.41, 5.74) is 4.90. The topological polar surface area (TPSA) is 80.1 Å². The molecule has 2 heterocycles. The molecule has 0 radical (unpaired) electrons. The fourth-order valence-corrected chi connectivity index (χ4v) is 2.29. The lowest BCUT2D eigenvalue weighted by Crippen LogP contribution is -2.20. The van der Waals surface area contributed by atoms with Gasteiger partial charge in [0.1, 0.15) is 0 Å². The van der Waals surface area contributed by atoms with Gasteiger partial charge in [-0.25, -0.2) is 15.4 Å². The van der Waals surface area contributed by atoms with Crippen LogP contribution in [0.1, 0.15) is 17.1 Å². The third-order valence-electron chi connectivity index (χ3n) is 2.37. The van der Waals surface area contributed by atoms with Crippen molar-refractivity contribution in [3.8, 4) is 0 Å². The van der Waals surface area contributed by atoms with Gasteiger partial charge < -0.3 is 0 Å². The first-order valence-corrected chi connectivity index (χ1v) is 7.30. The molecule has 0 aliphatic heterocycles. The number of aryl methyl sites for hydroxylation is 2. The van der Waals surface area contributed by atoms with Crippen LogP contribution < -0.4 is 5.43 Å². The third kappa shape index (κ3) is 5.31. The molecule has 6 nitrogen and oxygen atoms in total. The van der Waals surface area contributed by atoms with E-state index in [1.807, 2.05) is 32.0 Å². The van der Waals surface area contributed by atoms with E-state index in [0.717, 1.165) is 11.4 Å². The fraction of sp³-hybridized carbons (Fsp3) is 0.214. The Hall–Kier alpha value is -2.28. The number of hydrogen-bond donors (Lipinski definition) is 1. The first kappa shape index (κ1) is 15.1. The third-order valence-corrected chi connectivity index (χ3v) is 3.22. The minimum absolute atomic E-state index is 0.211. The van der Waals surface area contributed by atoms with Crippen molar-refractivity contribution in [2.45, 2.75) is 19.0 Å². The van der Waals surface area contributed by atoms with E-state index in [1.165, 1.54) is 18.0 Å². The predicted octanol–water partition coefficient (Wildman–Crippen LogP) is 1.73. The number of nitrogens with one attached hydrogen (secondary N) is 1. The molecule has 21 heavy (non-hydrogen) atoms. The van der Waals surface area contributed by atoms with Crippen molar-refractivity contribution in [1.82, 2.24) is 20.4 Å². The van der Waals surface area contributed by atoms with E-state index in [4.69, 9.17) is 0 Å². The molecule has 0 saturated carbocycles. The molecule has 2 aromatic rings. The zero-order valence-electron chi connectivity index (χ0n) is 11.8. The van der Waals surface area contributed by atoms with Crippen LogP contribution in [0.25, 0.3) is 0 Å². The van der Waals surface area contributed by atoms with Gasteiger partial charge in [0, 0.05) is 17.6 Å². The summed E-state index contributed by atoms with van der Waals surface area (Å²) in [5, 5.41) is 4.44. The lowest BCUT2D eigenvalue weighted by molar-refractivity contribution is -0.118. The van der Waals surface area contributed by atoms with Crippen LogP contribution in [0.4, 0.5) is 0 Å². The Kier molecular flexibility index (Phi) is 5.39. The van der Waals surface area contributed by atoms with Gasteiger partial charge in [-0.3, -0.25) is 9.78 Å². The number of carbonyl (C=O) groups is 1. The molecule has 0 bridgehead atoms. The molecular weight excluding hydrogens is 286 g/mol. The highest BCUT2D eigenvalue weighted by atomic mass is 32.2. The van der Waals surface area contributed by atoms with Crippen LogP contribution in [0.2, 0.25) is 0 Å². The molecule has 2 aromatic heterocycles. The number of pyridine rings is 1. The van der Waals surface area contributed by atoms with Crippen molar-refractivity contribution >= 4 is 23.9 Å². The maximum Gasteiger partial charge on any atom is 0.250 e. The Morgan fingerprint density at radius 3 is 2.76 bits per heavy atom. The molecule has 0 fully saturated rings. The fourth-order valence-electron chi connectivity index (χ4n) is 1.54. The van der Waals surface area contributed by atoms with Crippen LogP contribution in [0.15, 0.2) is 40.7 Å². The predicted molar refractivity (Wildman–Crippen MR) is 82.2 cm³/mol. The number of hydrogen-bond acceptors (Lipinski definition) is 6. The summed E-state index contributed by atoms with van der Waals surface area (Å²) in [6.45, 7) is 3.80. The van der Waals surface area contributed by atoms with Gasteiger partial charge in [-0.05, 0) is 32.0 Å². The number of hydrazone groups is 1. The average Bonchev–Trinajstić information content (AvgIpc) is 2.45. The molecule has 108 valence electrons. The molecule has 1 amide bonds. The van der Waals surface area contributed by atoms with E-state index in [0.29, 0.717) is 10.9 Å². The normalized spacial score (nSPS) is 10.8. The first-order chi connectivity index (χ1) is 10.1. The maximum atomic E-state index is 11.7. The van der Waals surface area contributed by atoms with Crippen molar-refractivity contribution in [1.29, 1.82) is 0 Å². The second kappa shape index (κ2) is 7.49. The van der Waals surface area contributed by atoms with Crippen molar-refractivity contribution < 1.29 is 4.79 Å². The number of nitrogens with zero attached hydrogens (tertiary/aromatic N) is 4. The van der Waals surface area contributed by atoms with Gasteiger partial charge in [0.2, 0.25) is 0 Å². The Morgan fingerprint density at radius 1 is 1.33 bits per heavy atom. The van der Waals surface area contributed by atoms with Crippen LogP contribution in [-0.2, 0) is 4.79 Å². The Morgan fingerprint density at radius 2 is 2.10 bits per heavy atom. The van der Waals surface area contributed by atoms with Gasteiger partial charge >= 0.3 is 0 Å². The van der Waals surface area contributed by atoms with Crippen LogP contribution in [0.3, 0.4) is 0 Å². The number of aromatic nitrogens is 3. The van der Waals surface area contributed by atoms with Crippen molar-refractivity contribution in [2.75, 3.05) is 5.75 Å². The van der Waals surface area contributed by atoms with Gasteiger partial charge in [-0.2, -0.15) is 5.10 Å². The summed E-state index contributed by atoms with van der Waals surface area (Å²) in [4.78, 5) is 24.2. The molecule has 7 heteroatoms. The molecule has 0 aliphatic rings. The second-order valence-corrected chi connectivity index (χ2v) is 5.21. The lowest BCUT2D eigenvalue weighted by atomic mass is 10.4. The van der Waals surface area contributed by atoms with Gasteiger partial charge in [0.15, 0.2) is 5.16 Å². The maximum absolute atomic E-state index is 11.7. The van der Waals surface area contributed by atoms with Crippen LogP contribution in [0.5, 0.6) is 0 Å². The van der Waals surface area contributed by atoms with E-state index in [-0.39, 0.29) is 11.7 Å². The molecule has 1 N–H and O–H groups in total. The largest absolute Gasteiger partial charge is 0.272 e. The lowest BCUT2D eigenvalue weighted by Gasteiger charge is -2.02. The summed E-state index contributed by atoms with van der Waals surface area (Å²) in [6.07, 6.45) is 3.16. The quantitative estimate of drug-likeness (QED) is 0.394. The summed E-state index contributed by atoms with van der Waals surface area (Å²) < 4.78 is 0. The molecule has 0 unspecified atom stereocenters. The highest BCUT2D eigenvalue weighted by Gasteiger charge is 2.05. The Bertz CT molecular complexity index is 625. The van der Waals surface area contributed by atoms with Crippen LogP contribution >= 0.6 is 11.8 Å². The van der Waals surface area contributed by atoms with E-state index in [2.05, 4.69) is 25.5 Å². The summed E-state index contributed by atoms with van der Waals surface area (Å²) in [5.74, 6) is -0.00225. The highest BCUT2D eigenvalue weighted by Crippen LogP contribution is 2.13. The van der Waals surface area contributed by atoms with Gasteiger partial charge in [0.05, 0.1) is 17.7 Å². The molecule has 0 atom stereocenters. The number of amides is 1.